The summed E-state index contributed by atoms with van der Waals surface area (Å²) < 4.78 is 5.57. The Hall–Kier alpha value is -3.41. The molecule has 132 valence electrons. The number of carbonyl (C=O) groups is 1. The molecular weight excluding hydrogens is 328 g/mol. The van der Waals surface area contributed by atoms with E-state index in [2.05, 4.69) is 20.6 Å². The van der Waals surface area contributed by atoms with Crippen molar-refractivity contribution < 1.29 is 9.53 Å². The minimum absolute atomic E-state index is 0.246. The number of aromatic nitrogens is 2. The van der Waals surface area contributed by atoms with Gasteiger partial charge in [-0.2, -0.15) is 0 Å². The summed E-state index contributed by atoms with van der Waals surface area (Å²) >= 11 is 0. The number of rotatable bonds is 6. The van der Waals surface area contributed by atoms with E-state index in [1.165, 1.54) is 12.4 Å². The molecule has 0 bridgehead atoms. The number of carbonyl (C=O) groups excluding carboxylic acids is 1. The number of amides is 1. The lowest BCUT2D eigenvalue weighted by Crippen LogP contribution is -2.14. The monoisotopic (exact) mass is 348 g/mol. The summed E-state index contributed by atoms with van der Waals surface area (Å²) in [5, 5.41) is 5.96. The summed E-state index contributed by atoms with van der Waals surface area (Å²) in [7, 11) is 0. The van der Waals surface area contributed by atoms with E-state index in [9.17, 15) is 4.79 Å². The van der Waals surface area contributed by atoms with Crippen LogP contribution in [0.1, 0.15) is 23.0 Å². The molecule has 2 N–H and O–H groups in total. The number of hydrogen-bond acceptors (Lipinski definition) is 5. The number of para-hydroxylation sites is 2. The van der Waals surface area contributed by atoms with Crippen molar-refractivity contribution in [1.29, 1.82) is 0 Å². The zero-order chi connectivity index (χ0) is 18.4. The van der Waals surface area contributed by atoms with Crippen molar-refractivity contribution in [3.63, 3.8) is 0 Å². The van der Waals surface area contributed by atoms with Gasteiger partial charge in [0.05, 0.1) is 24.7 Å². The Morgan fingerprint density at radius 3 is 2.65 bits per heavy atom. The van der Waals surface area contributed by atoms with Crippen LogP contribution in [-0.4, -0.2) is 22.5 Å². The minimum Gasteiger partial charge on any atom is -0.492 e. The molecule has 0 spiro atoms. The molecule has 0 radical (unpaired) electrons. The quantitative estimate of drug-likeness (QED) is 0.699. The van der Waals surface area contributed by atoms with Crippen LogP contribution in [-0.2, 0) is 0 Å². The Morgan fingerprint density at radius 2 is 1.92 bits per heavy atom. The maximum absolute atomic E-state index is 12.3. The van der Waals surface area contributed by atoms with Crippen molar-refractivity contribution in [2.75, 3.05) is 17.2 Å². The topological polar surface area (TPSA) is 76.1 Å². The first-order chi connectivity index (χ1) is 12.7. The Kier molecular flexibility index (Phi) is 5.43. The Labute approximate surface area is 152 Å². The van der Waals surface area contributed by atoms with Gasteiger partial charge in [0.2, 0.25) is 0 Å². The average molecular weight is 348 g/mol. The van der Waals surface area contributed by atoms with Crippen LogP contribution >= 0.6 is 0 Å². The first-order valence-corrected chi connectivity index (χ1v) is 8.34. The summed E-state index contributed by atoms with van der Waals surface area (Å²) in [4.78, 5) is 20.7. The predicted molar refractivity (Wildman–Crippen MR) is 102 cm³/mol. The Bertz CT molecular complexity index is 894. The first kappa shape index (κ1) is 17.4. The maximum atomic E-state index is 12.3. The van der Waals surface area contributed by atoms with Crippen LogP contribution in [0, 0.1) is 6.92 Å². The Morgan fingerprint density at radius 1 is 1.08 bits per heavy atom. The number of hydrogen-bond donors (Lipinski definition) is 2. The Balaban J connectivity index is 1.69. The molecule has 1 heterocycles. The van der Waals surface area contributed by atoms with Crippen molar-refractivity contribution in [2.24, 2.45) is 0 Å². The highest BCUT2D eigenvalue weighted by molar-refractivity contribution is 6.02. The molecule has 2 aromatic carbocycles. The van der Waals surface area contributed by atoms with E-state index in [1.807, 2.05) is 62.4 Å². The standard InChI is InChI=1S/C20H20N4O2/c1-3-26-18-10-5-4-9-16(18)24-19-13-21-17(12-22-19)20(25)23-15-8-6-7-14(2)11-15/h4-13H,3H2,1-2H3,(H,22,24)(H,23,25). The molecule has 0 atom stereocenters. The van der Waals surface area contributed by atoms with E-state index in [-0.39, 0.29) is 11.6 Å². The van der Waals surface area contributed by atoms with Gasteiger partial charge in [0.1, 0.15) is 17.3 Å². The molecule has 0 aliphatic carbocycles. The molecule has 0 unspecified atom stereocenters. The van der Waals surface area contributed by atoms with Crippen LogP contribution in [0.2, 0.25) is 0 Å². The zero-order valence-electron chi connectivity index (χ0n) is 14.7. The summed E-state index contributed by atoms with van der Waals surface area (Å²) in [5.74, 6) is 0.965. The number of nitrogens with zero attached hydrogens (tertiary/aromatic N) is 2. The summed E-state index contributed by atoms with van der Waals surface area (Å²) in [5.41, 5.74) is 2.84. The summed E-state index contributed by atoms with van der Waals surface area (Å²) in [6, 6.07) is 15.2. The third kappa shape index (κ3) is 4.36. The van der Waals surface area contributed by atoms with Gasteiger partial charge < -0.3 is 15.4 Å². The molecule has 3 rings (SSSR count). The van der Waals surface area contributed by atoms with Crippen molar-refractivity contribution in [2.45, 2.75) is 13.8 Å². The molecular formula is C20H20N4O2. The van der Waals surface area contributed by atoms with Crippen molar-refractivity contribution >= 4 is 23.1 Å². The maximum Gasteiger partial charge on any atom is 0.275 e. The van der Waals surface area contributed by atoms with E-state index < -0.39 is 0 Å². The van der Waals surface area contributed by atoms with Crippen molar-refractivity contribution in [3.05, 3.63) is 72.2 Å². The minimum atomic E-state index is -0.302. The van der Waals surface area contributed by atoms with Gasteiger partial charge in [0.25, 0.3) is 5.91 Å². The molecule has 0 aliphatic rings. The van der Waals surface area contributed by atoms with Crippen LogP contribution in [0.4, 0.5) is 17.2 Å². The highest BCUT2D eigenvalue weighted by atomic mass is 16.5. The molecule has 0 saturated carbocycles. The molecule has 26 heavy (non-hydrogen) atoms. The average Bonchev–Trinajstić information content (AvgIpc) is 2.64. The normalized spacial score (nSPS) is 10.2. The first-order valence-electron chi connectivity index (χ1n) is 8.34. The lowest BCUT2D eigenvalue weighted by molar-refractivity contribution is 0.102. The SMILES string of the molecule is CCOc1ccccc1Nc1cnc(C(=O)Nc2cccc(C)c2)cn1. The number of aryl methyl sites for hydroxylation is 1. The lowest BCUT2D eigenvalue weighted by atomic mass is 10.2. The lowest BCUT2D eigenvalue weighted by Gasteiger charge is -2.11. The highest BCUT2D eigenvalue weighted by Gasteiger charge is 2.10. The largest absolute Gasteiger partial charge is 0.492 e. The number of anilines is 3. The number of ether oxygens (including phenoxy) is 1. The van der Waals surface area contributed by atoms with E-state index in [1.54, 1.807) is 0 Å². The smallest absolute Gasteiger partial charge is 0.275 e. The van der Waals surface area contributed by atoms with Gasteiger partial charge in [-0.25, -0.2) is 9.97 Å². The third-order valence-electron chi connectivity index (χ3n) is 3.61. The molecule has 1 amide bonds. The fourth-order valence-electron chi connectivity index (χ4n) is 2.42. The molecule has 0 saturated heterocycles. The molecule has 0 aliphatic heterocycles. The van der Waals surface area contributed by atoms with E-state index in [0.717, 1.165) is 22.7 Å². The molecule has 6 nitrogen and oxygen atoms in total. The van der Waals surface area contributed by atoms with Crippen LogP contribution in [0.15, 0.2) is 60.9 Å². The van der Waals surface area contributed by atoms with Crippen molar-refractivity contribution in [3.8, 4) is 5.75 Å². The van der Waals surface area contributed by atoms with Gasteiger partial charge >= 0.3 is 0 Å². The molecule has 1 aromatic heterocycles. The second kappa shape index (κ2) is 8.11. The molecule has 3 aromatic rings. The highest BCUT2D eigenvalue weighted by Crippen LogP contribution is 2.26. The van der Waals surface area contributed by atoms with Crippen LogP contribution in [0.3, 0.4) is 0 Å². The zero-order valence-corrected chi connectivity index (χ0v) is 14.7. The van der Waals surface area contributed by atoms with Gasteiger partial charge in [-0.05, 0) is 43.7 Å². The van der Waals surface area contributed by atoms with E-state index in [0.29, 0.717) is 12.4 Å². The van der Waals surface area contributed by atoms with Gasteiger partial charge in [-0.15, -0.1) is 0 Å². The molecule has 0 fully saturated rings. The second-order valence-corrected chi connectivity index (χ2v) is 5.66. The van der Waals surface area contributed by atoms with Crippen LogP contribution in [0.25, 0.3) is 0 Å². The van der Waals surface area contributed by atoms with Crippen molar-refractivity contribution in [1.82, 2.24) is 9.97 Å². The van der Waals surface area contributed by atoms with Crippen LogP contribution in [0.5, 0.6) is 5.75 Å². The molecule has 6 heteroatoms. The van der Waals surface area contributed by atoms with E-state index in [4.69, 9.17) is 4.74 Å². The van der Waals surface area contributed by atoms with Crippen LogP contribution < -0.4 is 15.4 Å². The fraction of sp³-hybridized carbons (Fsp3) is 0.150. The fourth-order valence-corrected chi connectivity index (χ4v) is 2.42. The summed E-state index contributed by atoms with van der Waals surface area (Å²) in [6.45, 7) is 4.47. The number of nitrogens with one attached hydrogen (secondary N) is 2. The second-order valence-electron chi connectivity index (χ2n) is 5.66. The predicted octanol–water partition coefficient (Wildman–Crippen LogP) is 4.18. The van der Waals surface area contributed by atoms with Gasteiger partial charge in [0, 0.05) is 5.69 Å². The summed E-state index contributed by atoms with van der Waals surface area (Å²) in [6.07, 6.45) is 2.96. The van der Waals surface area contributed by atoms with E-state index >= 15 is 0 Å². The number of benzene rings is 2. The third-order valence-corrected chi connectivity index (χ3v) is 3.61. The van der Waals surface area contributed by atoms with Gasteiger partial charge in [-0.1, -0.05) is 24.3 Å². The van der Waals surface area contributed by atoms with Gasteiger partial charge in [-0.3, -0.25) is 4.79 Å². The van der Waals surface area contributed by atoms with Gasteiger partial charge in [0.15, 0.2) is 0 Å².